The first-order chi connectivity index (χ1) is 8.13. The number of hydrogen-bond donors (Lipinski definition) is 0. The molecule has 0 saturated heterocycles. The third-order valence-electron chi connectivity index (χ3n) is 2.20. The molecule has 0 aliphatic heterocycles. The third kappa shape index (κ3) is 2.37. The van der Waals surface area contributed by atoms with Gasteiger partial charge in [0, 0.05) is 17.3 Å². The molecule has 0 aliphatic rings. The molecular formula is C12H5Cl3N2. The van der Waals surface area contributed by atoms with Gasteiger partial charge in [-0.3, -0.25) is 0 Å². The molecule has 0 bridgehead atoms. The predicted octanol–water partition coefficient (Wildman–Crippen LogP) is 4.58. The topological polar surface area (TPSA) is 36.7 Å². The van der Waals surface area contributed by atoms with E-state index in [4.69, 9.17) is 40.1 Å². The minimum atomic E-state index is 0.263. The second kappa shape index (κ2) is 4.93. The van der Waals surface area contributed by atoms with Crippen LogP contribution in [-0.4, -0.2) is 4.98 Å². The zero-order valence-corrected chi connectivity index (χ0v) is 10.7. The summed E-state index contributed by atoms with van der Waals surface area (Å²) < 4.78 is 0. The molecule has 0 aliphatic carbocycles. The van der Waals surface area contributed by atoms with Crippen LogP contribution >= 0.6 is 34.8 Å². The standard InChI is InChI=1S/C12H5Cl3N2/c13-7-4-9(11(5-16)17-6-7)8-2-1-3-10(14)12(8)15/h1-4,6H. The van der Waals surface area contributed by atoms with Gasteiger partial charge in [0.05, 0.1) is 15.1 Å². The molecule has 5 heteroatoms. The van der Waals surface area contributed by atoms with Crippen molar-refractivity contribution in [1.29, 1.82) is 5.26 Å². The number of nitrogens with zero attached hydrogens (tertiary/aromatic N) is 2. The minimum Gasteiger partial charge on any atom is -0.243 e. The SMILES string of the molecule is N#Cc1ncc(Cl)cc1-c1cccc(Cl)c1Cl. The summed E-state index contributed by atoms with van der Waals surface area (Å²) in [4.78, 5) is 3.95. The fraction of sp³-hybridized carbons (Fsp3) is 0. The Kier molecular flexibility index (Phi) is 3.54. The lowest BCUT2D eigenvalue weighted by Crippen LogP contribution is -1.90. The fourth-order valence-corrected chi connectivity index (χ4v) is 2.01. The van der Waals surface area contributed by atoms with E-state index in [1.165, 1.54) is 6.20 Å². The number of nitriles is 1. The molecule has 0 N–H and O–H groups in total. The lowest BCUT2D eigenvalue weighted by Gasteiger charge is -2.07. The quantitative estimate of drug-likeness (QED) is 0.768. The first-order valence-corrected chi connectivity index (χ1v) is 5.77. The number of benzene rings is 1. The molecule has 0 amide bonds. The van der Waals surface area contributed by atoms with Crippen LogP contribution in [0, 0.1) is 11.3 Å². The van der Waals surface area contributed by atoms with Gasteiger partial charge in [-0.05, 0) is 12.1 Å². The summed E-state index contributed by atoms with van der Waals surface area (Å²) >= 11 is 17.9. The van der Waals surface area contributed by atoms with Crippen molar-refractivity contribution < 1.29 is 0 Å². The van der Waals surface area contributed by atoms with E-state index in [0.29, 0.717) is 26.2 Å². The normalized spacial score (nSPS) is 10.0. The molecule has 17 heavy (non-hydrogen) atoms. The smallest absolute Gasteiger partial charge is 0.148 e. The average molecular weight is 284 g/mol. The van der Waals surface area contributed by atoms with Crippen molar-refractivity contribution >= 4 is 34.8 Å². The van der Waals surface area contributed by atoms with Gasteiger partial charge in [0.1, 0.15) is 11.8 Å². The second-order valence-electron chi connectivity index (χ2n) is 3.26. The highest BCUT2D eigenvalue weighted by Crippen LogP contribution is 2.35. The maximum absolute atomic E-state index is 9.00. The van der Waals surface area contributed by atoms with Crippen LogP contribution in [0.1, 0.15) is 5.69 Å². The molecule has 1 aromatic heterocycles. The summed E-state index contributed by atoms with van der Waals surface area (Å²) in [6, 6.07) is 8.84. The van der Waals surface area contributed by atoms with Gasteiger partial charge < -0.3 is 0 Å². The largest absolute Gasteiger partial charge is 0.243 e. The Balaban J connectivity index is 2.72. The minimum absolute atomic E-state index is 0.263. The molecule has 1 aromatic carbocycles. The lowest BCUT2D eigenvalue weighted by atomic mass is 10.0. The molecule has 0 atom stereocenters. The van der Waals surface area contributed by atoms with Crippen molar-refractivity contribution in [2.45, 2.75) is 0 Å². The van der Waals surface area contributed by atoms with Crippen LogP contribution in [0.5, 0.6) is 0 Å². The summed E-state index contributed by atoms with van der Waals surface area (Å²) in [5.41, 5.74) is 1.48. The highest BCUT2D eigenvalue weighted by molar-refractivity contribution is 6.43. The van der Waals surface area contributed by atoms with Gasteiger partial charge in [0.15, 0.2) is 0 Å². The number of pyridine rings is 1. The van der Waals surface area contributed by atoms with Gasteiger partial charge in [0.25, 0.3) is 0 Å². The van der Waals surface area contributed by atoms with Crippen LogP contribution in [0.15, 0.2) is 30.5 Å². The van der Waals surface area contributed by atoms with Crippen LogP contribution in [0.2, 0.25) is 15.1 Å². The number of hydrogen-bond acceptors (Lipinski definition) is 2. The van der Waals surface area contributed by atoms with Crippen molar-refractivity contribution in [3.05, 3.63) is 51.2 Å². The van der Waals surface area contributed by atoms with Gasteiger partial charge in [-0.1, -0.05) is 46.9 Å². The van der Waals surface area contributed by atoms with Gasteiger partial charge in [-0.25, -0.2) is 4.98 Å². The number of aromatic nitrogens is 1. The fourth-order valence-electron chi connectivity index (χ4n) is 1.45. The van der Waals surface area contributed by atoms with E-state index >= 15 is 0 Å². The zero-order valence-electron chi connectivity index (χ0n) is 8.42. The van der Waals surface area contributed by atoms with Gasteiger partial charge >= 0.3 is 0 Å². The summed E-state index contributed by atoms with van der Waals surface area (Å²) in [6.07, 6.45) is 1.42. The van der Waals surface area contributed by atoms with Gasteiger partial charge in [-0.15, -0.1) is 0 Å². The van der Waals surface area contributed by atoms with Crippen molar-refractivity contribution in [1.82, 2.24) is 4.98 Å². The van der Waals surface area contributed by atoms with Crippen LogP contribution in [0.4, 0.5) is 0 Å². The van der Waals surface area contributed by atoms with E-state index in [0.717, 1.165) is 0 Å². The van der Waals surface area contributed by atoms with E-state index in [1.54, 1.807) is 24.3 Å². The first-order valence-electron chi connectivity index (χ1n) is 4.63. The monoisotopic (exact) mass is 282 g/mol. The zero-order chi connectivity index (χ0) is 12.4. The van der Waals surface area contributed by atoms with Gasteiger partial charge in [-0.2, -0.15) is 5.26 Å². The first kappa shape index (κ1) is 12.2. The Bertz CT molecular complexity index is 618. The van der Waals surface area contributed by atoms with Crippen LogP contribution in [0.3, 0.4) is 0 Å². The van der Waals surface area contributed by atoms with Crippen LogP contribution < -0.4 is 0 Å². The van der Waals surface area contributed by atoms with Crippen molar-refractivity contribution in [2.75, 3.05) is 0 Å². The summed E-state index contributed by atoms with van der Waals surface area (Å²) in [5.74, 6) is 0. The van der Waals surface area contributed by atoms with E-state index in [1.807, 2.05) is 6.07 Å². The highest BCUT2D eigenvalue weighted by Gasteiger charge is 2.12. The lowest BCUT2D eigenvalue weighted by molar-refractivity contribution is 1.26. The van der Waals surface area contributed by atoms with Crippen molar-refractivity contribution in [2.24, 2.45) is 0 Å². The molecule has 2 nitrogen and oxygen atoms in total. The highest BCUT2D eigenvalue weighted by atomic mass is 35.5. The summed E-state index contributed by atoms with van der Waals surface area (Å²) in [6.45, 7) is 0. The Morgan fingerprint density at radius 2 is 1.88 bits per heavy atom. The Morgan fingerprint density at radius 3 is 2.59 bits per heavy atom. The summed E-state index contributed by atoms with van der Waals surface area (Å²) in [7, 11) is 0. The Hall–Kier alpha value is -1.27. The maximum Gasteiger partial charge on any atom is 0.148 e. The van der Waals surface area contributed by atoms with Crippen molar-refractivity contribution in [3.63, 3.8) is 0 Å². The van der Waals surface area contributed by atoms with Crippen molar-refractivity contribution in [3.8, 4) is 17.2 Å². The Labute approximate surface area is 113 Å². The number of rotatable bonds is 1. The molecule has 0 unspecified atom stereocenters. The van der Waals surface area contributed by atoms with Crippen LogP contribution in [-0.2, 0) is 0 Å². The molecule has 0 spiro atoms. The molecule has 0 saturated carbocycles. The molecule has 0 radical (unpaired) electrons. The molecule has 1 heterocycles. The molecule has 0 fully saturated rings. The molecule has 84 valence electrons. The maximum atomic E-state index is 9.00. The Morgan fingerprint density at radius 1 is 1.12 bits per heavy atom. The molecular weight excluding hydrogens is 279 g/mol. The van der Waals surface area contributed by atoms with E-state index in [2.05, 4.69) is 4.98 Å². The summed E-state index contributed by atoms with van der Waals surface area (Å²) in [5, 5.41) is 10.2. The van der Waals surface area contributed by atoms with E-state index < -0.39 is 0 Å². The van der Waals surface area contributed by atoms with Crippen LogP contribution in [0.25, 0.3) is 11.1 Å². The molecule has 2 rings (SSSR count). The third-order valence-corrected chi connectivity index (χ3v) is 3.23. The molecule has 2 aromatic rings. The van der Waals surface area contributed by atoms with E-state index in [-0.39, 0.29) is 5.69 Å². The predicted molar refractivity (Wildman–Crippen MR) is 69.4 cm³/mol. The average Bonchev–Trinajstić information content (AvgIpc) is 2.33. The van der Waals surface area contributed by atoms with E-state index in [9.17, 15) is 0 Å². The number of halogens is 3. The van der Waals surface area contributed by atoms with Gasteiger partial charge in [0.2, 0.25) is 0 Å². The second-order valence-corrected chi connectivity index (χ2v) is 4.48.